The largest absolute Gasteiger partial charge is 0.369 e. The first-order valence-electron chi connectivity index (χ1n) is 12.1. The molecule has 35 heavy (non-hydrogen) atoms. The Morgan fingerprint density at radius 1 is 1.06 bits per heavy atom. The van der Waals surface area contributed by atoms with E-state index in [1.807, 2.05) is 31.2 Å². The van der Waals surface area contributed by atoms with Gasteiger partial charge in [-0.1, -0.05) is 35.9 Å². The van der Waals surface area contributed by atoms with Gasteiger partial charge < -0.3 is 9.88 Å². The zero-order valence-electron chi connectivity index (χ0n) is 20.7. The topological polar surface area (TPSA) is 69.5 Å². The molecule has 5 rings (SSSR count). The minimum Gasteiger partial charge on any atom is -0.369 e. The molecule has 1 unspecified atom stereocenters. The summed E-state index contributed by atoms with van der Waals surface area (Å²) in [6.45, 7) is 12.1. The van der Waals surface area contributed by atoms with E-state index in [1.54, 1.807) is 0 Å². The number of halogens is 1. The van der Waals surface area contributed by atoms with Gasteiger partial charge in [0.25, 0.3) is 5.56 Å². The standard InChI is InChI=1S/C27H31ClN6O/c1-17-7-5-10-24(18(17)2)33-13-11-32(12-14-33)20(4)25-30-27-29-19(3)23(26(35)34(27)31-25)16-21-8-6-9-22(28)15-21/h5-10,15,20H,11-14,16H2,1-4H3,(H,29,30,31). The van der Waals surface area contributed by atoms with Crippen molar-refractivity contribution in [2.75, 3.05) is 31.1 Å². The molecule has 1 N–H and O–H groups in total. The summed E-state index contributed by atoms with van der Waals surface area (Å²) in [5, 5.41) is 5.29. The number of nitrogens with zero attached hydrogens (tertiary/aromatic N) is 5. The Bertz CT molecular complexity index is 1430. The van der Waals surface area contributed by atoms with Gasteiger partial charge in [0.1, 0.15) is 0 Å². The van der Waals surface area contributed by atoms with Gasteiger partial charge in [0.2, 0.25) is 5.78 Å². The average molecular weight is 491 g/mol. The smallest absolute Gasteiger partial charge is 0.279 e. The molecule has 1 aliphatic heterocycles. The van der Waals surface area contributed by atoms with E-state index in [2.05, 4.69) is 58.9 Å². The normalized spacial score (nSPS) is 15.6. The summed E-state index contributed by atoms with van der Waals surface area (Å²) in [7, 11) is 0. The van der Waals surface area contributed by atoms with Gasteiger partial charge in [-0.25, -0.2) is 0 Å². The number of hydrogen-bond acceptors (Lipinski definition) is 5. The van der Waals surface area contributed by atoms with Crippen molar-refractivity contribution in [2.45, 2.75) is 40.2 Å². The van der Waals surface area contributed by atoms with Gasteiger partial charge in [-0.2, -0.15) is 9.50 Å². The molecule has 0 radical (unpaired) electrons. The number of nitrogens with one attached hydrogen (secondary N) is 1. The van der Waals surface area contributed by atoms with Crippen molar-refractivity contribution in [2.24, 2.45) is 0 Å². The van der Waals surface area contributed by atoms with E-state index in [9.17, 15) is 4.79 Å². The summed E-state index contributed by atoms with van der Waals surface area (Å²) in [6.07, 6.45) is 0.489. The van der Waals surface area contributed by atoms with E-state index < -0.39 is 0 Å². The van der Waals surface area contributed by atoms with E-state index in [0.29, 0.717) is 28.6 Å². The number of rotatable bonds is 5. The van der Waals surface area contributed by atoms with E-state index in [-0.39, 0.29) is 11.6 Å². The van der Waals surface area contributed by atoms with Crippen LogP contribution in [0.3, 0.4) is 0 Å². The second-order valence-corrected chi connectivity index (χ2v) is 9.90. The zero-order valence-corrected chi connectivity index (χ0v) is 21.4. The third kappa shape index (κ3) is 4.58. The Balaban J connectivity index is 1.35. The maximum absolute atomic E-state index is 13.3. The molecule has 0 spiro atoms. The van der Waals surface area contributed by atoms with Crippen molar-refractivity contribution in [3.63, 3.8) is 0 Å². The van der Waals surface area contributed by atoms with Gasteiger partial charge in [0.15, 0.2) is 5.82 Å². The first-order valence-corrected chi connectivity index (χ1v) is 12.5. The number of aryl methyl sites for hydroxylation is 2. The van der Waals surface area contributed by atoms with Crippen LogP contribution in [0.4, 0.5) is 5.69 Å². The van der Waals surface area contributed by atoms with Crippen LogP contribution in [0.1, 0.15) is 46.7 Å². The molecule has 3 heterocycles. The highest BCUT2D eigenvalue weighted by molar-refractivity contribution is 6.30. The quantitative estimate of drug-likeness (QED) is 0.447. The minimum atomic E-state index is -0.137. The predicted molar refractivity (Wildman–Crippen MR) is 141 cm³/mol. The molecule has 7 nitrogen and oxygen atoms in total. The molecule has 4 aromatic rings. The second-order valence-electron chi connectivity index (χ2n) is 9.46. The Hall–Kier alpha value is -3.16. The van der Waals surface area contributed by atoms with E-state index in [4.69, 9.17) is 16.6 Å². The van der Waals surface area contributed by atoms with Gasteiger partial charge in [0, 0.05) is 54.6 Å². The first kappa shape index (κ1) is 23.6. The highest BCUT2D eigenvalue weighted by Crippen LogP contribution is 2.26. The third-order valence-electron chi connectivity index (χ3n) is 7.25. The molecule has 2 aromatic carbocycles. The predicted octanol–water partition coefficient (Wildman–Crippen LogP) is 4.47. The number of fused-ring (bicyclic) bond motifs is 1. The number of aromatic nitrogens is 4. The monoisotopic (exact) mass is 490 g/mol. The molecule has 0 aliphatic carbocycles. The lowest BCUT2D eigenvalue weighted by atomic mass is 10.1. The summed E-state index contributed by atoms with van der Waals surface area (Å²) in [5.41, 5.74) is 6.31. The summed E-state index contributed by atoms with van der Waals surface area (Å²) in [5.74, 6) is 1.15. The first-order chi connectivity index (χ1) is 16.8. The molecular formula is C27H31ClN6O. The van der Waals surface area contributed by atoms with Crippen LogP contribution in [0, 0.1) is 20.8 Å². The van der Waals surface area contributed by atoms with Crippen LogP contribution >= 0.6 is 11.6 Å². The van der Waals surface area contributed by atoms with Crippen LogP contribution in [0.15, 0.2) is 47.3 Å². The van der Waals surface area contributed by atoms with E-state index in [1.165, 1.54) is 21.3 Å². The lowest BCUT2D eigenvalue weighted by molar-refractivity contribution is 0.191. The average Bonchev–Trinajstić information content (AvgIpc) is 3.27. The molecule has 1 saturated heterocycles. The zero-order chi connectivity index (χ0) is 24.7. The van der Waals surface area contributed by atoms with Gasteiger partial charge in [-0.15, -0.1) is 5.10 Å². The van der Waals surface area contributed by atoms with Crippen molar-refractivity contribution in [1.82, 2.24) is 24.5 Å². The lowest BCUT2D eigenvalue weighted by Gasteiger charge is -2.39. The number of piperazine rings is 1. The molecule has 1 atom stereocenters. The van der Waals surface area contributed by atoms with Gasteiger partial charge >= 0.3 is 0 Å². The molecule has 1 fully saturated rings. The maximum Gasteiger partial charge on any atom is 0.279 e. The second kappa shape index (κ2) is 9.47. The lowest BCUT2D eigenvalue weighted by Crippen LogP contribution is -2.47. The third-order valence-corrected chi connectivity index (χ3v) is 7.48. The molecule has 0 amide bonds. The Kier molecular flexibility index (Phi) is 6.38. The molecular weight excluding hydrogens is 460 g/mol. The number of aromatic amines is 1. The van der Waals surface area contributed by atoms with Crippen LogP contribution in [-0.4, -0.2) is 50.7 Å². The summed E-state index contributed by atoms with van der Waals surface area (Å²) in [4.78, 5) is 26.1. The number of hydrogen-bond donors (Lipinski definition) is 1. The van der Waals surface area contributed by atoms with Crippen molar-refractivity contribution in [3.05, 3.63) is 91.6 Å². The molecule has 0 bridgehead atoms. The SMILES string of the molecule is Cc1cccc(N2CCN(C(C)c3nc4[nH]c(C)c(Cc5cccc(Cl)c5)c(=O)n4n3)CC2)c1C. The fourth-order valence-corrected chi connectivity index (χ4v) is 5.12. The van der Waals surface area contributed by atoms with Crippen LogP contribution in [0.5, 0.6) is 0 Å². The molecule has 8 heteroatoms. The van der Waals surface area contributed by atoms with Crippen LogP contribution in [0.2, 0.25) is 5.02 Å². The molecule has 1 aliphatic rings. The molecule has 2 aromatic heterocycles. The highest BCUT2D eigenvalue weighted by atomic mass is 35.5. The van der Waals surface area contributed by atoms with Gasteiger partial charge in [-0.05, 0) is 62.6 Å². The number of anilines is 1. The number of H-pyrrole nitrogens is 1. The fourth-order valence-electron chi connectivity index (χ4n) is 4.91. The van der Waals surface area contributed by atoms with Crippen molar-refractivity contribution >= 4 is 23.1 Å². The van der Waals surface area contributed by atoms with Gasteiger partial charge in [0.05, 0.1) is 6.04 Å². The fraction of sp³-hybridized carbons (Fsp3) is 0.370. The summed E-state index contributed by atoms with van der Waals surface area (Å²) >= 11 is 6.13. The van der Waals surface area contributed by atoms with Gasteiger partial charge in [-0.3, -0.25) is 9.69 Å². The highest BCUT2D eigenvalue weighted by Gasteiger charge is 2.26. The van der Waals surface area contributed by atoms with Crippen LogP contribution in [-0.2, 0) is 6.42 Å². The maximum atomic E-state index is 13.3. The Morgan fingerprint density at radius 2 is 1.80 bits per heavy atom. The van der Waals surface area contributed by atoms with Crippen LogP contribution in [0.25, 0.3) is 5.78 Å². The Morgan fingerprint density at radius 3 is 2.54 bits per heavy atom. The van der Waals surface area contributed by atoms with E-state index in [0.717, 1.165) is 37.4 Å². The van der Waals surface area contributed by atoms with Crippen LogP contribution < -0.4 is 10.5 Å². The number of benzene rings is 2. The van der Waals surface area contributed by atoms with Crippen molar-refractivity contribution in [1.29, 1.82) is 0 Å². The summed E-state index contributed by atoms with van der Waals surface area (Å²) in [6, 6.07) is 14.1. The van der Waals surface area contributed by atoms with Crippen molar-refractivity contribution < 1.29 is 0 Å². The summed E-state index contributed by atoms with van der Waals surface area (Å²) < 4.78 is 1.41. The van der Waals surface area contributed by atoms with E-state index >= 15 is 0 Å². The Labute approximate surface area is 210 Å². The molecule has 182 valence electrons. The minimum absolute atomic E-state index is 0.0140. The van der Waals surface area contributed by atoms with Crippen molar-refractivity contribution in [3.8, 4) is 0 Å². The molecule has 0 saturated carbocycles.